The van der Waals surface area contributed by atoms with E-state index < -0.39 is 111 Å². The molecule has 0 bridgehead atoms. The summed E-state index contributed by atoms with van der Waals surface area (Å²) in [6.45, 7) is 6.84. The van der Waals surface area contributed by atoms with Crippen LogP contribution in [0, 0.1) is 11.8 Å². The summed E-state index contributed by atoms with van der Waals surface area (Å²) in [7, 11) is 0. The Bertz CT molecular complexity index is 4090. The van der Waals surface area contributed by atoms with Gasteiger partial charge in [-0.1, -0.05) is 435 Å². The summed E-state index contributed by atoms with van der Waals surface area (Å²) in [6, 6.07) is 54.3. The van der Waals surface area contributed by atoms with E-state index in [1.54, 1.807) is 0 Å². The van der Waals surface area contributed by atoms with Gasteiger partial charge in [-0.25, -0.2) is 0 Å². The van der Waals surface area contributed by atoms with Crippen molar-refractivity contribution < 1.29 is 101 Å². The predicted octanol–water partition coefficient (Wildman–Crippen LogP) is 24.9. The second-order valence-electron chi connectivity index (χ2n) is 38.2. The smallest absolute Gasteiger partial charge is 0.305 e. The lowest BCUT2D eigenvalue weighted by Gasteiger charge is -2.47. The Morgan fingerprint density at radius 3 is 0.744 bits per heavy atom. The van der Waals surface area contributed by atoms with Crippen molar-refractivity contribution in [3.63, 3.8) is 0 Å². The van der Waals surface area contributed by atoms with Gasteiger partial charge in [0.1, 0.15) is 93.1 Å². The first-order valence-electron chi connectivity index (χ1n) is 52.0. The minimum atomic E-state index is -1.22. The zero-order valence-corrected chi connectivity index (χ0v) is 80.3. The summed E-state index contributed by atoms with van der Waals surface area (Å²) < 4.78 is 94.3. The number of esters is 3. The molecule has 6 aliphatic heterocycles. The quantitative estimate of drug-likeness (QED) is 0.0182. The van der Waals surface area contributed by atoms with E-state index in [1.165, 1.54) is 199 Å². The molecule has 6 aliphatic rings. The second-order valence-corrected chi connectivity index (χ2v) is 38.2. The predicted molar refractivity (Wildman–Crippen MR) is 514 cm³/mol. The van der Waals surface area contributed by atoms with Crippen molar-refractivity contribution in [1.29, 1.82) is 0 Å². The van der Waals surface area contributed by atoms with Crippen molar-refractivity contribution >= 4 is 17.9 Å². The third kappa shape index (κ3) is 35.2. The van der Waals surface area contributed by atoms with Gasteiger partial charge in [-0.3, -0.25) is 14.4 Å². The Kier molecular flexibility index (Phi) is 47.4. The summed E-state index contributed by atoms with van der Waals surface area (Å²) in [6.07, 6.45) is 36.1. The van der Waals surface area contributed by atoms with Crippen molar-refractivity contribution in [2.75, 3.05) is 39.6 Å². The summed E-state index contributed by atoms with van der Waals surface area (Å²) in [5.74, 6) is 0.645. The Morgan fingerprint density at radius 2 is 0.481 bits per heavy atom. The number of fused-ring (bicyclic) bond motifs is 3. The second kappa shape index (κ2) is 60.1. The van der Waals surface area contributed by atoms with Crippen LogP contribution in [0.1, 0.15) is 374 Å². The van der Waals surface area contributed by atoms with Crippen LogP contribution < -0.4 is 0 Å². The van der Waals surface area contributed by atoms with Gasteiger partial charge < -0.3 is 86.4 Å². The highest BCUT2D eigenvalue weighted by molar-refractivity contribution is 5.70. The lowest BCUT2D eigenvalue weighted by Crippen LogP contribution is -2.58. The lowest BCUT2D eigenvalue weighted by atomic mass is 9.78. The molecule has 0 aromatic heterocycles. The van der Waals surface area contributed by atoms with Gasteiger partial charge in [0.05, 0.1) is 19.8 Å². The monoisotopic (exact) mass is 1840 g/mol. The molecule has 6 saturated heterocycles. The first kappa shape index (κ1) is 105. The molecule has 6 aromatic rings. The standard InChI is InChI=1S/C112H160O21/c1-4-7-10-11-12-13-14-15-16-21-26-31-50-65-99(117)120-77-93(114)102-105-96(80-123-108(132-105)87-59-44-35-45-60-87)126-111(129-102)90-72-68-84(69-73-90)85-70-74-91(75-71-85)112-127-97-81-124-109(88-61-46-36-47-62-88)133-106(97)103(130-112)94(115)78-121-100(118)67-52-33-28-23-18-20-25-30-41-56-83(54-39-9-6-3)82(53-38-8-5-2)55-40-29-24-19-17-22-27-32-51-66-98(116)119-76-92(113)101-104-95(125-110(128-101)89-63-48-37-49-64-89)79-122-107(131-104)86-57-42-34-43-58-86/h34-37,42-49,57-64,68-75,82-83,92-97,101-115H,4-33,38-41,50-56,65-67,76-81H2,1-3H3. The first-order valence-corrected chi connectivity index (χ1v) is 52.0. The maximum Gasteiger partial charge on any atom is 0.305 e. The number of carbonyl (C=O) groups excluding carboxylic acids is 3. The van der Waals surface area contributed by atoms with Gasteiger partial charge in [-0.2, -0.15) is 0 Å². The fraction of sp³-hybridized carbons (Fsp3) is 0.652. The molecular weight excluding hydrogens is 1680 g/mol. The van der Waals surface area contributed by atoms with Crippen molar-refractivity contribution in [3.05, 3.63) is 203 Å². The molecule has 20 unspecified atom stereocenters. The topological polar surface area (TPSA) is 250 Å². The molecular formula is C112H160O21. The van der Waals surface area contributed by atoms with Gasteiger partial charge in [0, 0.05) is 52.6 Å². The van der Waals surface area contributed by atoms with Crippen LogP contribution in [0.5, 0.6) is 0 Å². The van der Waals surface area contributed by atoms with E-state index >= 15 is 0 Å². The van der Waals surface area contributed by atoms with Crippen LogP contribution in [-0.4, -0.2) is 146 Å². The van der Waals surface area contributed by atoms with Crippen molar-refractivity contribution in [3.8, 4) is 11.1 Å². The van der Waals surface area contributed by atoms with Gasteiger partial charge >= 0.3 is 17.9 Å². The van der Waals surface area contributed by atoms with Gasteiger partial charge in [0.2, 0.25) is 0 Å². The van der Waals surface area contributed by atoms with E-state index in [4.69, 9.17) is 71.1 Å². The number of rotatable bonds is 63. The number of benzene rings is 6. The van der Waals surface area contributed by atoms with E-state index in [0.717, 1.165) is 121 Å². The van der Waals surface area contributed by atoms with Crippen LogP contribution in [0.3, 0.4) is 0 Å². The Balaban J connectivity index is 0.522. The van der Waals surface area contributed by atoms with Crippen molar-refractivity contribution in [2.45, 2.75) is 414 Å². The minimum Gasteiger partial charge on any atom is -0.463 e. The Hall–Kier alpha value is -6.87. The van der Waals surface area contributed by atoms with E-state index in [2.05, 4.69) is 20.8 Å². The van der Waals surface area contributed by atoms with Crippen molar-refractivity contribution in [2.24, 2.45) is 11.8 Å². The van der Waals surface area contributed by atoms with Gasteiger partial charge in [0.15, 0.2) is 37.7 Å². The summed E-state index contributed by atoms with van der Waals surface area (Å²) in [5, 5.41) is 35.3. The zero-order chi connectivity index (χ0) is 92.7. The Labute approximate surface area is 794 Å². The Morgan fingerprint density at radius 1 is 0.263 bits per heavy atom. The number of unbranched alkanes of at least 4 members (excludes halogenated alkanes) is 32. The molecule has 734 valence electrons. The van der Waals surface area contributed by atoms with E-state index in [9.17, 15) is 29.7 Å². The molecule has 0 radical (unpaired) electrons. The number of aliphatic hydroxyl groups excluding tert-OH is 3. The maximum absolute atomic E-state index is 13.4. The highest BCUT2D eigenvalue weighted by Crippen LogP contribution is 2.45. The number of carbonyl (C=O) groups is 3. The molecule has 20 atom stereocenters. The van der Waals surface area contributed by atoms with Crippen LogP contribution >= 0.6 is 0 Å². The number of aliphatic hydroxyl groups is 3. The van der Waals surface area contributed by atoms with Gasteiger partial charge in [-0.15, -0.1) is 0 Å². The van der Waals surface area contributed by atoms with Gasteiger partial charge in [0.25, 0.3) is 0 Å². The minimum absolute atomic E-state index is 0.185. The maximum atomic E-state index is 13.4. The highest BCUT2D eigenvalue weighted by atomic mass is 16.8. The molecule has 0 spiro atoms. The number of ether oxygens (including phenoxy) is 15. The third-order valence-corrected chi connectivity index (χ3v) is 27.7. The normalized spacial score (nSPS) is 24.7. The van der Waals surface area contributed by atoms with Crippen LogP contribution in [0.4, 0.5) is 0 Å². The number of hydrogen-bond donors (Lipinski definition) is 3. The molecule has 0 aliphatic carbocycles. The van der Waals surface area contributed by atoms with Crippen molar-refractivity contribution in [1.82, 2.24) is 0 Å². The van der Waals surface area contributed by atoms with E-state index in [1.807, 2.05) is 170 Å². The summed E-state index contributed by atoms with van der Waals surface area (Å²) >= 11 is 0. The van der Waals surface area contributed by atoms with E-state index in [-0.39, 0.29) is 64.0 Å². The molecule has 6 fully saturated rings. The first-order chi connectivity index (χ1) is 65.4. The molecule has 0 amide bonds. The molecule has 3 N–H and O–H groups in total. The summed E-state index contributed by atoms with van der Waals surface area (Å²) in [5.41, 5.74) is 6.61. The average Bonchev–Trinajstić information content (AvgIpc) is 0.783. The molecule has 133 heavy (non-hydrogen) atoms. The van der Waals surface area contributed by atoms with Crippen LogP contribution in [-0.2, 0) is 85.4 Å². The van der Waals surface area contributed by atoms with Crippen LogP contribution in [0.2, 0.25) is 0 Å². The van der Waals surface area contributed by atoms with E-state index in [0.29, 0.717) is 12.8 Å². The van der Waals surface area contributed by atoms with Crippen LogP contribution in [0.15, 0.2) is 170 Å². The molecule has 12 rings (SSSR count). The highest BCUT2D eigenvalue weighted by Gasteiger charge is 2.52. The third-order valence-electron chi connectivity index (χ3n) is 27.7. The molecule has 21 nitrogen and oxygen atoms in total. The molecule has 0 saturated carbocycles. The zero-order valence-electron chi connectivity index (χ0n) is 80.3. The SMILES string of the molecule is CCCCCCCCCCCCCCCC(=O)OCC(O)C1OC(c2ccc(-c3ccc(C4OC5COC(c6ccccc6)OC5C(C(O)COC(=O)CCCCCCCCCCCC(CCCCC)C(CCCCC)CCCCCCCCCCCC(=O)OCC(O)C5OC(c6ccccc6)OC6COC(c7ccccc7)OC65)O4)cc3)cc2)OC2COC(c3ccccc3)OC21. The molecule has 6 aromatic carbocycles. The average molecular weight is 1840 g/mol. The van der Waals surface area contributed by atoms with Gasteiger partial charge in [-0.05, 0) is 42.2 Å². The van der Waals surface area contributed by atoms with Crippen LogP contribution in [0.25, 0.3) is 11.1 Å². The fourth-order valence-corrected chi connectivity index (χ4v) is 19.8. The fourth-order valence-electron chi connectivity index (χ4n) is 19.8. The lowest BCUT2D eigenvalue weighted by molar-refractivity contribution is -0.373. The number of hydrogen-bond acceptors (Lipinski definition) is 21. The molecule has 21 heteroatoms. The molecule has 6 heterocycles. The largest absolute Gasteiger partial charge is 0.463 e. The summed E-state index contributed by atoms with van der Waals surface area (Å²) in [4.78, 5) is 39.4.